The number of hydrogen-bond acceptors (Lipinski definition) is 5. The summed E-state index contributed by atoms with van der Waals surface area (Å²) in [4.78, 5) is 18.3. The molecule has 156 valence electrons. The second-order valence-corrected chi connectivity index (χ2v) is 7.04. The Balaban J connectivity index is 1.53. The van der Waals surface area contributed by atoms with Gasteiger partial charge in [0.2, 0.25) is 0 Å². The van der Waals surface area contributed by atoms with Gasteiger partial charge in [0, 0.05) is 25.7 Å². The van der Waals surface area contributed by atoms with E-state index in [1.54, 1.807) is 18.2 Å². The molecule has 29 heavy (non-hydrogen) atoms. The summed E-state index contributed by atoms with van der Waals surface area (Å²) in [6.07, 6.45) is -1.45. The molecule has 5 nitrogen and oxygen atoms in total. The molecule has 1 aromatic carbocycles. The van der Waals surface area contributed by atoms with Gasteiger partial charge in [-0.25, -0.2) is 4.98 Å². The van der Waals surface area contributed by atoms with E-state index in [4.69, 9.17) is 9.47 Å². The number of carbonyl (C=O) groups is 1. The molecule has 1 aliphatic rings. The highest BCUT2D eigenvalue weighted by Gasteiger charge is 2.31. The lowest BCUT2D eigenvalue weighted by molar-refractivity contribution is -0.137. The van der Waals surface area contributed by atoms with Gasteiger partial charge in [-0.3, -0.25) is 4.79 Å². The van der Waals surface area contributed by atoms with Crippen molar-refractivity contribution in [2.45, 2.75) is 25.4 Å². The number of halogens is 3. The van der Waals surface area contributed by atoms with Crippen LogP contribution in [0.5, 0.6) is 11.5 Å². The van der Waals surface area contributed by atoms with Gasteiger partial charge in [-0.2, -0.15) is 13.2 Å². The van der Waals surface area contributed by atoms with E-state index in [1.165, 1.54) is 13.2 Å². The molecule has 0 amide bonds. The average molecular weight is 408 g/mol. The van der Waals surface area contributed by atoms with E-state index in [0.29, 0.717) is 36.8 Å². The van der Waals surface area contributed by atoms with Crippen molar-refractivity contribution in [3.05, 3.63) is 48.2 Å². The van der Waals surface area contributed by atoms with Gasteiger partial charge >= 0.3 is 6.18 Å². The summed E-state index contributed by atoms with van der Waals surface area (Å²) in [7, 11) is 1.54. The van der Waals surface area contributed by atoms with Crippen molar-refractivity contribution in [2.75, 3.05) is 31.7 Å². The van der Waals surface area contributed by atoms with Crippen LogP contribution in [0.3, 0.4) is 0 Å². The molecule has 2 aromatic rings. The number of Topliss-reactive ketones (excluding diaryl/α,β-unsaturated/α-hetero) is 1. The topological polar surface area (TPSA) is 51.7 Å². The third-order valence-corrected chi connectivity index (χ3v) is 4.89. The molecule has 1 saturated heterocycles. The molecular formula is C21H23F3N2O3. The molecule has 3 rings (SSSR count). The molecule has 1 atom stereocenters. The molecule has 0 radical (unpaired) electrons. The summed E-state index contributed by atoms with van der Waals surface area (Å²) >= 11 is 0. The third-order valence-electron chi connectivity index (χ3n) is 4.89. The number of anilines is 1. The monoisotopic (exact) mass is 408 g/mol. The van der Waals surface area contributed by atoms with Crippen molar-refractivity contribution in [2.24, 2.45) is 5.92 Å². The van der Waals surface area contributed by atoms with E-state index >= 15 is 0 Å². The Kier molecular flexibility index (Phi) is 6.61. The summed E-state index contributed by atoms with van der Waals surface area (Å²) in [5, 5.41) is 0. The van der Waals surface area contributed by atoms with E-state index in [9.17, 15) is 18.0 Å². The fourth-order valence-corrected chi connectivity index (χ4v) is 3.46. The van der Waals surface area contributed by atoms with E-state index in [-0.39, 0.29) is 18.3 Å². The van der Waals surface area contributed by atoms with Crippen LogP contribution in [0.4, 0.5) is 19.0 Å². The number of pyridine rings is 1. The van der Waals surface area contributed by atoms with Gasteiger partial charge < -0.3 is 14.4 Å². The average Bonchev–Trinajstić information content (AvgIpc) is 2.72. The highest BCUT2D eigenvalue weighted by atomic mass is 19.4. The number of ether oxygens (including phenoxy) is 2. The Morgan fingerprint density at radius 3 is 2.62 bits per heavy atom. The number of benzene rings is 1. The molecule has 0 aliphatic carbocycles. The van der Waals surface area contributed by atoms with Crippen molar-refractivity contribution < 1.29 is 27.4 Å². The van der Waals surface area contributed by atoms with Gasteiger partial charge in [0.1, 0.15) is 12.4 Å². The summed E-state index contributed by atoms with van der Waals surface area (Å²) in [5.74, 6) is 1.67. The van der Waals surface area contributed by atoms with Crippen molar-refractivity contribution in [1.29, 1.82) is 0 Å². The van der Waals surface area contributed by atoms with Crippen LogP contribution >= 0.6 is 0 Å². The van der Waals surface area contributed by atoms with Crippen LogP contribution in [0.15, 0.2) is 42.6 Å². The number of aromatic nitrogens is 1. The highest BCUT2D eigenvalue weighted by Crippen LogP contribution is 2.31. The first-order chi connectivity index (χ1) is 13.9. The molecule has 0 bridgehead atoms. The molecule has 1 aromatic heterocycles. The number of ketones is 1. The number of methoxy groups -OCH3 is 1. The zero-order chi connectivity index (χ0) is 20.9. The quantitative estimate of drug-likeness (QED) is 0.681. The SMILES string of the molecule is COc1ccccc1OCC(=O)CC1CCCN(c2ccc(C(F)(F)F)cn2)C1. The highest BCUT2D eigenvalue weighted by molar-refractivity contribution is 5.80. The molecule has 0 N–H and O–H groups in total. The second kappa shape index (κ2) is 9.15. The molecule has 1 fully saturated rings. The molecule has 2 heterocycles. The summed E-state index contributed by atoms with van der Waals surface area (Å²) in [6, 6.07) is 9.55. The largest absolute Gasteiger partial charge is 0.493 e. The molecule has 0 spiro atoms. The van der Waals surface area contributed by atoms with E-state index in [2.05, 4.69) is 4.98 Å². The first kappa shape index (κ1) is 21.0. The number of para-hydroxylation sites is 2. The number of piperidine rings is 1. The van der Waals surface area contributed by atoms with Crippen LogP contribution in [-0.2, 0) is 11.0 Å². The smallest absolute Gasteiger partial charge is 0.417 e. The predicted octanol–water partition coefficient (Wildman–Crippen LogP) is 4.36. The third kappa shape index (κ3) is 5.62. The number of alkyl halides is 3. The van der Waals surface area contributed by atoms with Crippen molar-refractivity contribution in [3.63, 3.8) is 0 Å². The lowest BCUT2D eigenvalue weighted by Crippen LogP contribution is -2.37. The van der Waals surface area contributed by atoms with Crippen LogP contribution in [-0.4, -0.2) is 37.6 Å². The van der Waals surface area contributed by atoms with Crippen molar-refractivity contribution in [3.8, 4) is 11.5 Å². The Morgan fingerprint density at radius 2 is 1.97 bits per heavy atom. The van der Waals surface area contributed by atoms with Crippen LogP contribution in [0.1, 0.15) is 24.8 Å². The van der Waals surface area contributed by atoms with Gasteiger partial charge in [-0.05, 0) is 43.0 Å². The van der Waals surface area contributed by atoms with Gasteiger partial charge in [0.25, 0.3) is 0 Å². The van der Waals surface area contributed by atoms with Crippen molar-refractivity contribution >= 4 is 11.6 Å². The minimum absolute atomic E-state index is 0.0249. The number of carbonyl (C=O) groups excluding carboxylic acids is 1. The molecule has 1 unspecified atom stereocenters. The maximum absolute atomic E-state index is 12.7. The molecule has 8 heteroatoms. The van der Waals surface area contributed by atoms with Gasteiger partial charge in [-0.1, -0.05) is 12.1 Å². The Hall–Kier alpha value is -2.77. The first-order valence-electron chi connectivity index (χ1n) is 9.42. The number of nitrogens with zero attached hydrogens (tertiary/aromatic N) is 2. The van der Waals surface area contributed by atoms with Crippen LogP contribution in [0.25, 0.3) is 0 Å². The van der Waals surface area contributed by atoms with Crippen LogP contribution in [0.2, 0.25) is 0 Å². The fourth-order valence-electron chi connectivity index (χ4n) is 3.46. The lowest BCUT2D eigenvalue weighted by atomic mass is 9.93. The maximum Gasteiger partial charge on any atom is 0.417 e. The predicted molar refractivity (Wildman–Crippen MR) is 102 cm³/mol. The minimum Gasteiger partial charge on any atom is -0.493 e. The van der Waals surface area contributed by atoms with E-state index in [1.807, 2.05) is 11.0 Å². The van der Waals surface area contributed by atoms with Gasteiger partial charge in [0.05, 0.1) is 12.7 Å². The molecular weight excluding hydrogens is 385 g/mol. The van der Waals surface area contributed by atoms with Crippen LogP contribution in [0, 0.1) is 5.92 Å². The Morgan fingerprint density at radius 1 is 1.21 bits per heavy atom. The number of hydrogen-bond donors (Lipinski definition) is 0. The summed E-state index contributed by atoms with van der Waals surface area (Å²) in [6.45, 7) is 1.24. The Labute approximate surface area is 167 Å². The zero-order valence-electron chi connectivity index (χ0n) is 16.1. The van der Waals surface area contributed by atoms with Crippen molar-refractivity contribution in [1.82, 2.24) is 4.98 Å². The minimum atomic E-state index is -4.40. The molecule has 1 aliphatic heterocycles. The molecule has 0 saturated carbocycles. The summed E-state index contributed by atoms with van der Waals surface area (Å²) in [5.41, 5.74) is -0.765. The lowest BCUT2D eigenvalue weighted by Gasteiger charge is -2.33. The standard InChI is InChI=1S/C21H23F3N2O3/c1-28-18-6-2-3-7-19(18)29-14-17(27)11-15-5-4-10-26(13-15)20-9-8-16(12-25-20)21(22,23)24/h2-3,6-9,12,15H,4-5,10-11,13-14H2,1H3. The fraction of sp³-hybridized carbons (Fsp3) is 0.429. The van der Waals surface area contributed by atoms with Crippen LogP contribution < -0.4 is 14.4 Å². The second-order valence-electron chi connectivity index (χ2n) is 7.04. The van der Waals surface area contributed by atoms with Gasteiger partial charge in [0.15, 0.2) is 17.3 Å². The first-order valence-corrected chi connectivity index (χ1v) is 9.42. The summed E-state index contributed by atoms with van der Waals surface area (Å²) < 4.78 is 48.9. The van der Waals surface area contributed by atoms with E-state index < -0.39 is 11.7 Å². The zero-order valence-corrected chi connectivity index (χ0v) is 16.1. The Bertz CT molecular complexity index is 825. The van der Waals surface area contributed by atoms with E-state index in [0.717, 1.165) is 25.1 Å². The van der Waals surface area contributed by atoms with Gasteiger partial charge in [-0.15, -0.1) is 0 Å². The number of rotatable bonds is 7. The normalized spacial score (nSPS) is 17.1. The maximum atomic E-state index is 12.7.